The number of halogens is 1. The summed E-state index contributed by atoms with van der Waals surface area (Å²) in [5.41, 5.74) is 1.07. The molecule has 0 aliphatic heterocycles. The Labute approximate surface area is 117 Å². The van der Waals surface area contributed by atoms with Crippen LogP contribution in [-0.2, 0) is 9.53 Å². The van der Waals surface area contributed by atoms with E-state index in [1.54, 1.807) is 0 Å². The molecule has 0 spiro atoms. The molecule has 1 aliphatic rings. The third-order valence-corrected chi connectivity index (χ3v) is 4.54. The van der Waals surface area contributed by atoms with Gasteiger partial charge < -0.3 is 4.74 Å². The summed E-state index contributed by atoms with van der Waals surface area (Å²) in [6.07, 6.45) is 5.99. The van der Waals surface area contributed by atoms with Crippen molar-refractivity contribution >= 4 is 21.9 Å². The van der Waals surface area contributed by atoms with E-state index in [0.717, 1.165) is 22.9 Å². The maximum Gasteiger partial charge on any atom is 0.313 e. The Kier molecular flexibility index (Phi) is 4.81. The molecule has 1 aliphatic carbocycles. The van der Waals surface area contributed by atoms with Crippen LogP contribution in [0.25, 0.3) is 0 Å². The molecule has 1 saturated carbocycles. The van der Waals surface area contributed by atoms with Gasteiger partial charge in [-0.2, -0.15) is 0 Å². The molecule has 0 bridgehead atoms. The lowest BCUT2D eigenvalue weighted by atomic mass is 9.77. The van der Waals surface area contributed by atoms with Crippen molar-refractivity contribution in [2.45, 2.75) is 38.0 Å². The van der Waals surface area contributed by atoms with Gasteiger partial charge in [-0.25, -0.2) is 0 Å². The predicted molar refractivity (Wildman–Crippen MR) is 75.5 cm³/mol. The molecular weight excluding hydrogens is 292 g/mol. The standard InChI is InChI=1S/C15H19BrO2/c1-18-15(17)14(11-7-3-2-4-8-11)12-9-5-6-10-13(12)16/h5-6,9-11,14H,2-4,7-8H2,1H3/t14-/m1/s1. The molecule has 0 radical (unpaired) electrons. The Bertz CT molecular complexity index is 411. The summed E-state index contributed by atoms with van der Waals surface area (Å²) in [6.45, 7) is 0. The van der Waals surface area contributed by atoms with Crippen molar-refractivity contribution in [3.63, 3.8) is 0 Å². The number of esters is 1. The van der Waals surface area contributed by atoms with Crippen LogP contribution in [0.3, 0.4) is 0 Å². The molecule has 98 valence electrons. The minimum absolute atomic E-state index is 0.103. The molecule has 2 rings (SSSR count). The van der Waals surface area contributed by atoms with Gasteiger partial charge in [0.1, 0.15) is 0 Å². The van der Waals surface area contributed by atoms with Gasteiger partial charge in [0.15, 0.2) is 0 Å². The van der Waals surface area contributed by atoms with E-state index in [4.69, 9.17) is 4.74 Å². The van der Waals surface area contributed by atoms with E-state index in [1.807, 2.05) is 24.3 Å². The lowest BCUT2D eigenvalue weighted by Crippen LogP contribution is -2.25. The number of benzene rings is 1. The average Bonchev–Trinajstić information content (AvgIpc) is 2.42. The Balaban J connectivity index is 2.30. The van der Waals surface area contributed by atoms with Gasteiger partial charge in [0, 0.05) is 4.47 Å². The molecule has 0 unspecified atom stereocenters. The maximum atomic E-state index is 12.1. The lowest BCUT2D eigenvalue weighted by Gasteiger charge is -2.29. The molecule has 0 saturated heterocycles. The highest BCUT2D eigenvalue weighted by Gasteiger charge is 2.32. The third kappa shape index (κ3) is 2.94. The number of rotatable bonds is 3. The smallest absolute Gasteiger partial charge is 0.313 e. The van der Waals surface area contributed by atoms with Crippen LogP contribution in [0.4, 0.5) is 0 Å². The molecule has 1 fully saturated rings. The second-order valence-electron chi connectivity index (χ2n) is 4.92. The van der Waals surface area contributed by atoms with Crippen LogP contribution in [0.2, 0.25) is 0 Å². The van der Waals surface area contributed by atoms with Crippen molar-refractivity contribution in [3.8, 4) is 0 Å². The van der Waals surface area contributed by atoms with Gasteiger partial charge in [-0.05, 0) is 30.4 Å². The molecule has 18 heavy (non-hydrogen) atoms. The van der Waals surface area contributed by atoms with E-state index >= 15 is 0 Å². The fourth-order valence-electron chi connectivity index (χ4n) is 2.90. The minimum atomic E-state index is -0.120. The van der Waals surface area contributed by atoms with Crippen molar-refractivity contribution in [1.82, 2.24) is 0 Å². The van der Waals surface area contributed by atoms with Gasteiger partial charge in [0.2, 0.25) is 0 Å². The number of ether oxygens (including phenoxy) is 1. The molecular formula is C15H19BrO2. The topological polar surface area (TPSA) is 26.3 Å². The highest BCUT2D eigenvalue weighted by Crippen LogP contribution is 2.39. The number of carbonyl (C=O) groups is 1. The normalized spacial score (nSPS) is 18.3. The summed E-state index contributed by atoms with van der Waals surface area (Å²) in [5, 5.41) is 0. The van der Waals surface area contributed by atoms with Gasteiger partial charge in [-0.15, -0.1) is 0 Å². The molecule has 0 N–H and O–H groups in total. The Morgan fingerprint density at radius 3 is 2.56 bits per heavy atom. The first-order valence-electron chi connectivity index (χ1n) is 6.56. The molecule has 0 aromatic heterocycles. The third-order valence-electron chi connectivity index (χ3n) is 3.82. The van der Waals surface area contributed by atoms with Gasteiger partial charge in [0.05, 0.1) is 13.0 Å². The number of hydrogen-bond acceptors (Lipinski definition) is 2. The van der Waals surface area contributed by atoms with Crippen LogP contribution < -0.4 is 0 Å². The van der Waals surface area contributed by atoms with Gasteiger partial charge in [-0.1, -0.05) is 53.4 Å². The fraction of sp³-hybridized carbons (Fsp3) is 0.533. The predicted octanol–water partition coefficient (Wildman–Crippen LogP) is 4.29. The Hall–Kier alpha value is -0.830. The largest absolute Gasteiger partial charge is 0.469 e. The number of methoxy groups -OCH3 is 1. The molecule has 2 nitrogen and oxygen atoms in total. The number of carbonyl (C=O) groups excluding carboxylic acids is 1. The first-order chi connectivity index (χ1) is 8.74. The molecule has 0 amide bonds. The van der Waals surface area contributed by atoms with E-state index < -0.39 is 0 Å². The first kappa shape index (κ1) is 13.6. The summed E-state index contributed by atoms with van der Waals surface area (Å²) in [7, 11) is 1.48. The van der Waals surface area contributed by atoms with Gasteiger partial charge >= 0.3 is 5.97 Å². The Morgan fingerprint density at radius 1 is 1.28 bits per heavy atom. The van der Waals surface area contributed by atoms with E-state index in [0.29, 0.717) is 5.92 Å². The van der Waals surface area contributed by atoms with Crippen molar-refractivity contribution in [1.29, 1.82) is 0 Å². The first-order valence-corrected chi connectivity index (χ1v) is 7.35. The summed E-state index contributed by atoms with van der Waals surface area (Å²) >= 11 is 3.55. The summed E-state index contributed by atoms with van der Waals surface area (Å²) in [6, 6.07) is 7.98. The van der Waals surface area contributed by atoms with E-state index in [9.17, 15) is 4.79 Å². The molecule has 1 aromatic carbocycles. The van der Waals surface area contributed by atoms with Crippen molar-refractivity contribution in [2.75, 3.05) is 7.11 Å². The summed E-state index contributed by atoms with van der Waals surface area (Å²) < 4.78 is 6.02. The monoisotopic (exact) mass is 310 g/mol. The summed E-state index contributed by atoms with van der Waals surface area (Å²) in [5.74, 6) is 0.199. The average molecular weight is 311 g/mol. The highest BCUT2D eigenvalue weighted by atomic mass is 79.9. The van der Waals surface area contributed by atoms with E-state index in [-0.39, 0.29) is 11.9 Å². The fourth-order valence-corrected chi connectivity index (χ4v) is 3.43. The van der Waals surface area contributed by atoms with Crippen molar-refractivity contribution in [3.05, 3.63) is 34.3 Å². The number of hydrogen-bond donors (Lipinski definition) is 0. The molecule has 1 aromatic rings. The molecule has 0 heterocycles. The van der Waals surface area contributed by atoms with Crippen LogP contribution in [-0.4, -0.2) is 13.1 Å². The Morgan fingerprint density at radius 2 is 1.94 bits per heavy atom. The van der Waals surface area contributed by atoms with Crippen molar-refractivity contribution < 1.29 is 9.53 Å². The van der Waals surface area contributed by atoms with Crippen LogP contribution in [0.1, 0.15) is 43.6 Å². The second kappa shape index (κ2) is 6.37. The zero-order chi connectivity index (χ0) is 13.0. The highest BCUT2D eigenvalue weighted by molar-refractivity contribution is 9.10. The lowest BCUT2D eigenvalue weighted by molar-refractivity contribution is -0.144. The van der Waals surface area contributed by atoms with E-state index in [2.05, 4.69) is 15.9 Å². The second-order valence-corrected chi connectivity index (χ2v) is 5.77. The zero-order valence-corrected chi connectivity index (χ0v) is 12.3. The van der Waals surface area contributed by atoms with Gasteiger partial charge in [-0.3, -0.25) is 4.79 Å². The van der Waals surface area contributed by atoms with Crippen LogP contribution in [0.15, 0.2) is 28.7 Å². The molecule has 3 heteroatoms. The van der Waals surface area contributed by atoms with E-state index in [1.165, 1.54) is 26.4 Å². The molecule has 1 atom stereocenters. The van der Waals surface area contributed by atoms with Crippen LogP contribution >= 0.6 is 15.9 Å². The minimum Gasteiger partial charge on any atom is -0.469 e. The van der Waals surface area contributed by atoms with Crippen LogP contribution in [0.5, 0.6) is 0 Å². The maximum absolute atomic E-state index is 12.1. The summed E-state index contributed by atoms with van der Waals surface area (Å²) in [4.78, 5) is 12.1. The van der Waals surface area contributed by atoms with Crippen LogP contribution in [0, 0.1) is 5.92 Å². The zero-order valence-electron chi connectivity index (χ0n) is 10.7. The van der Waals surface area contributed by atoms with Gasteiger partial charge in [0.25, 0.3) is 0 Å². The SMILES string of the molecule is COC(=O)[C@@H](c1ccccc1Br)C1CCCCC1. The van der Waals surface area contributed by atoms with Crippen molar-refractivity contribution in [2.24, 2.45) is 5.92 Å². The quantitative estimate of drug-likeness (QED) is 0.779.